The van der Waals surface area contributed by atoms with Gasteiger partial charge in [-0.05, 0) is 37.6 Å². The van der Waals surface area contributed by atoms with E-state index >= 15 is 0 Å². The molecule has 0 saturated carbocycles. The summed E-state index contributed by atoms with van der Waals surface area (Å²) in [4.78, 5) is 2.12. The fourth-order valence-electron chi connectivity index (χ4n) is 2.04. The Morgan fingerprint density at radius 3 is 2.41 bits per heavy atom. The van der Waals surface area contributed by atoms with Crippen molar-refractivity contribution in [3.8, 4) is 0 Å². The molecule has 3 nitrogen and oxygen atoms in total. The van der Waals surface area contributed by atoms with Gasteiger partial charge in [-0.3, -0.25) is 4.90 Å². The van der Waals surface area contributed by atoms with Crippen LogP contribution in [0.4, 0.5) is 0 Å². The van der Waals surface area contributed by atoms with Crippen molar-refractivity contribution >= 4 is 0 Å². The monoisotopic (exact) mass is 237 g/mol. The molecule has 0 radical (unpaired) electrons. The first-order valence-electron chi connectivity index (χ1n) is 5.95. The van der Waals surface area contributed by atoms with Crippen LogP contribution in [0.3, 0.4) is 0 Å². The highest BCUT2D eigenvalue weighted by atomic mass is 16.5. The van der Waals surface area contributed by atoms with E-state index in [2.05, 4.69) is 36.9 Å². The molecule has 0 spiro atoms. The van der Waals surface area contributed by atoms with Crippen molar-refractivity contribution < 1.29 is 9.84 Å². The van der Waals surface area contributed by atoms with Gasteiger partial charge >= 0.3 is 0 Å². The van der Waals surface area contributed by atoms with Crippen molar-refractivity contribution in [2.45, 2.75) is 26.5 Å². The second-order valence-corrected chi connectivity index (χ2v) is 4.68. The van der Waals surface area contributed by atoms with E-state index in [9.17, 15) is 5.11 Å². The summed E-state index contributed by atoms with van der Waals surface area (Å²) in [6, 6.07) is 6.33. The molecular weight excluding hydrogens is 214 g/mol. The molecule has 3 heteroatoms. The summed E-state index contributed by atoms with van der Waals surface area (Å²) in [5.41, 5.74) is 3.95. The van der Waals surface area contributed by atoms with E-state index in [1.807, 2.05) is 7.05 Å². The third-order valence-electron chi connectivity index (χ3n) is 2.95. The molecule has 1 N–H and O–H groups in total. The summed E-state index contributed by atoms with van der Waals surface area (Å²) in [5.74, 6) is 0. The number of benzene rings is 1. The van der Waals surface area contributed by atoms with Crippen LogP contribution < -0.4 is 0 Å². The van der Waals surface area contributed by atoms with Crippen LogP contribution in [0.5, 0.6) is 0 Å². The van der Waals surface area contributed by atoms with Crippen LogP contribution in [0, 0.1) is 13.8 Å². The number of aryl methyl sites for hydroxylation is 2. The van der Waals surface area contributed by atoms with Gasteiger partial charge in [0.25, 0.3) is 0 Å². The van der Waals surface area contributed by atoms with Crippen LogP contribution in [-0.2, 0) is 11.3 Å². The third kappa shape index (κ3) is 4.46. The van der Waals surface area contributed by atoms with Crippen LogP contribution in [0.1, 0.15) is 16.7 Å². The summed E-state index contributed by atoms with van der Waals surface area (Å²) >= 11 is 0. The minimum Gasteiger partial charge on any atom is -0.389 e. The normalized spacial score (nSPS) is 13.1. The summed E-state index contributed by atoms with van der Waals surface area (Å²) < 4.78 is 4.93. The number of rotatable bonds is 6. The molecule has 0 aliphatic rings. The maximum atomic E-state index is 9.67. The Morgan fingerprint density at radius 2 is 1.88 bits per heavy atom. The molecule has 0 fully saturated rings. The lowest BCUT2D eigenvalue weighted by molar-refractivity contribution is 0.0418. The van der Waals surface area contributed by atoms with Crippen molar-refractivity contribution in [3.63, 3.8) is 0 Å². The minimum atomic E-state index is -0.422. The zero-order chi connectivity index (χ0) is 12.8. The lowest BCUT2D eigenvalue weighted by Crippen LogP contribution is -2.31. The lowest BCUT2D eigenvalue weighted by atomic mass is 10.0. The lowest BCUT2D eigenvalue weighted by Gasteiger charge is -2.22. The number of methoxy groups -OCH3 is 1. The van der Waals surface area contributed by atoms with Crippen LogP contribution in [0.15, 0.2) is 18.2 Å². The zero-order valence-corrected chi connectivity index (χ0v) is 11.2. The maximum absolute atomic E-state index is 9.67. The summed E-state index contributed by atoms with van der Waals surface area (Å²) in [7, 11) is 3.62. The van der Waals surface area contributed by atoms with Gasteiger partial charge in [0.1, 0.15) is 0 Å². The van der Waals surface area contributed by atoms with Crippen molar-refractivity contribution in [1.29, 1.82) is 0 Å². The quantitative estimate of drug-likeness (QED) is 0.818. The molecule has 1 aromatic carbocycles. The SMILES string of the molecule is COCC(O)CN(C)Cc1c(C)cccc1C. The molecule has 0 amide bonds. The van der Waals surface area contributed by atoms with Crippen molar-refractivity contribution in [2.75, 3.05) is 27.3 Å². The second kappa shape index (κ2) is 6.74. The molecule has 1 unspecified atom stereocenters. The molecule has 0 bridgehead atoms. The maximum Gasteiger partial charge on any atom is 0.0900 e. The van der Waals surface area contributed by atoms with Gasteiger partial charge in [-0.2, -0.15) is 0 Å². The fourth-order valence-corrected chi connectivity index (χ4v) is 2.04. The van der Waals surface area contributed by atoms with Gasteiger partial charge in [0.05, 0.1) is 12.7 Å². The predicted molar refractivity (Wildman–Crippen MR) is 70.1 cm³/mol. The Bertz CT molecular complexity index is 332. The third-order valence-corrected chi connectivity index (χ3v) is 2.95. The average molecular weight is 237 g/mol. The Labute approximate surface area is 104 Å². The molecule has 0 saturated heterocycles. The van der Waals surface area contributed by atoms with Crippen molar-refractivity contribution in [1.82, 2.24) is 4.90 Å². The highest BCUT2D eigenvalue weighted by molar-refractivity contribution is 5.33. The first-order valence-corrected chi connectivity index (χ1v) is 5.95. The smallest absolute Gasteiger partial charge is 0.0900 e. The molecule has 1 rings (SSSR count). The van der Waals surface area contributed by atoms with Gasteiger partial charge in [0.2, 0.25) is 0 Å². The van der Waals surface area contributed by atoms with Crippen LogP contribution in [0.25, 0.3) is 0 Å². The second-order valence-electron chi connectivity index (χ2n) is 4.68. The van der Waals surface area contributed by atoms with Gasteiger partial charge in [0, 0.05) is 20.2 Å². The number of hydrogen-bond donors (Lipinski definition) is 1. The molecule has 1 atom stereocenters. The molecule has 96 valence electrons. The molecule has 1 aromatic rings. The van der Waals surface area contributed by atoms with E-state index in [4.69, 9.17) is 4.74 Å². The number of aliphatic hydroxyl groups is 1. The van der Waals surface area contributed by atoms with Crippen LogP contribution >= 0.6 is 0 Å². The van der Waals surface area contributed by atoms with E-state index in [0.717, 1.165) is 6.54 Å². The average Bonchev–Trinajstić information content (AvgIpc) is 2.24. The zero-order valence-electron chi connectivity index (χ0n) is 11.2. The predicted octanol–water partition coefficient (Wildman–Crippen LogP) is 1.74. The topological polar surface area (TPSA) is 32.7 Å². The largest absolute Gasteiger partial charge is 0.389 e. The van der Waals surface area contributed by atoms with Crippen LogP contribution in [-0.4, -0.2) is 43.4 Å². The minimum absolute atomic E-state index is 0.386. The van der Waals surface area contributed by atoms with Gasteiger partial charge in [-0.25, -0.2) is 0 Å². The number of nitrogens with zero attached hydrogens (tertiary/aromatic N) is 1. The highest BCUT2D eigenvalue weighted by Gasteiger charge is 2.10. The highest BCUT2D eigenvalue weighted by Crippen LogP contribution is 2.15. The fraction of sp³-hybridized carbons (Fsp3) is 0.571. The van der Waals surface area contributed by atoms with E-state index in [1.165, 1.54) is 16.7 Å². The summed E-state index contributed by atoms with van der Waals surface area (Å²) in [6.45, 7) is 6.13. The van der Waals surface area contributed by atoms with E-state index in [0.29, 0.717) is 13.2 Å². The Balaban J connectivity index is 2.59. The Morgan fingerprint density at radius 1 is 1.29 bits per heavy atom. The molecule has 0 heterocycles. The van der Waals surface area contributed by atoms with Gasteiger partial charge in [-0.15, -0.1) is 0 Å². The van der Waals surface area contributed by atoms with Gasteiger partial charge in [-0.1, -0.05) is 18.2 Å². The summed E-state index contributed by atoms with van der Waals surface area (Å²) in [5, 5.41) is 9.67. The Hall–Kier alpha value is -0.900. The molecule has 0 aromatic heterocycles. The number of aliphatic hydroxyl groups excluding tert-OH is 1. The van der Waals surface area contributed by atoms with Crippen molar-refractivity contribution in [2.24, 2.45) is 0 Å². The number of ether oxygens (including phenoxy) is 1. The number of hydrogen-bond acceptors (Lipinski definition) is 3. The van der Waals surface area contributed by atoms with E-state index in [-0.39, 0.29) is 0 Å². The molecule has 0 aliphatic heterocycles. The first kappa shape index (κ1) is 14.2. The summed E-state index contributed by atoms with van der Waals surface area (Å²) in [6.07, 6.45) is -0.422. The number of likely N-dealkylation sites (N-methyl/N-ethyl adjacent to an activating group) is 1. The van der Waals surface area contributed by atoms with Crippen LogP contribution in [0.2, 0.25) is 0 Å². The van der Waals surface area contributed by atoms with E-state index < -0.39 is 6.10 Å². The standard InChI is InChI=1S/C14H23NO2/c1-11-6-5-7-12(2)14(11)9-15(3)8-13(16)10-17-4/h5-7,13,16H,8-10H2,1-4H3. The van der Waals surface area contributed by atoms with E-state index in [1.54, 1.807) is 7.11 Å². The molecule has 17 heavy (non-hydrogen) atoms. The van der Waals surface area contributed by atoms with Gasteiger partial charge in [0.15, 0.2) is 0 Å². The molecular formula is C14H23NO2. The Kier molecular flexibility index (Phi) is 5.62. The van der Waals surface area contributed by atoms with Crippen molar-refractivity contribution in [3.05, 3.63) is 34.9 Å². The van der Waals surface area contributed by atoms with Gasteiger partial charge < -0.3 is 9.84 Å². The first-order chi connectivity index (χ1) is 8.04. The molecule has 0 aliphatic carbocycles.